The highest BCUT2D eigenvalue weighted by Crippen LogP contribution is 2.33. The van der Waals surface area contributed by atoms with E-state index in [0.29, 0.717) is 17.1 Å². The van der Waals surface area contributed by atoms with Crippen LogP contribution in [0.1, 0.15) is 5.56 Å². The van der Waals surface area contributed by atoms with E-state index >= 15 is 0 Å². The Labute approximate surface area is 148 Å². The second-order valence-corrected chi connectivity index (χ2v) is 7.17. The van der Waals surface area contributed by atoms with Crippen molar-refractivity contribution in [1.29, 1.82) is 0 Å². The van der Waals surface area contributed by atoms with Crippen molar-refractivity contribution in [3.63, 3.8) is 0 Å². The van der Waals surface area contributed by atoms with E-state index in [2.05, 4.69) is 9.97 Å². The highest BCUT2D eigenvalue weighted by atomic mass is 32.2. The molecule has 0 saturated carbocycles. The first-order valence-electron chi connectivity index (χ1n) is 7.42. The molecule has 24 heavy (non-hydrogen) atoms. The molecule has 0 bridgehead atoms. The van der Waals surface area contributed by atoms with Gasteiger partial charge in [-0.15, -0.1) is 11.3 Å². The van der Waals surface area contributed by atoms with Gasteiger partial charge < -0.3 is 14.5 Å². The maximum atomic E-state index is 12.5. The Morgan fingerprint density at radius 1 is 1.33 bits per heavy atom. The van der Waals surface area contributed by atoms with Crippen LogP contribution in [-0.2, 0) is 4.74 Å². The molecule has 7 heteroatoms. The lowest BCUT2D eigenvalue weighted by atomic mass is 10.0. The average Bonchev–Trinajstić information content (AvgIpc) is 2.99. The molecule has 3 rings (SSSR count). The van der Waals surface area contributed by atoms with E-state index in [1.165, 1.54) is 23.1 Å². The van der Waals surface area contributed by atoms with Crippen molar-refractivity contribution in [3.8, 4) is 16.9 Å². The number of thiophene rings is 1. The van der Waals surface area contributed by atoms with Crippen LogP contribution in [-0.4, -0.2) is 36.5 Å². The van der Waals surface area contributed by atoms with Gasteiger partial charge in [-0.3, -0.25) is 4.79 Å². The highest BCUT2D eigenvalue weighted by molar-refractivity contribution is 7.99. The third kappa shape index (κ3) is 3.33. The number of thioether (sulfide) groups is 1. The van der Waals surface area contributed by atoms with E-state index in [0.717, 1.165) is 33.0 Å². The van der Waals surface area contributed by atoms with Gasteiger partial charge in [-0.05, 0) is 30.2 Å². The quantitative estimate of drug-likeness (QED) is 0.411. The summed E-state index contributed by atoms with van der Waals surface area (Å²) in [7, 11) is 3.31. The topological polar surface area (TPSA) is 64.2 Å². The summed E-state index contributed by atoms with van der Waals surface area (Å²) in [6.45, 7) is 2.61. The minimum Gasteiger partial charge on any atom is -0.496 e. The summed E-state index contributed by atoms with van der Waals surface area (Å²) < 4.78 is 10.3. The Kier molecular flexibility index (Phi) is 5.23. The molecule has 1 N–H and O–H groups in total. The molecule has 3 aromatic rings. The predicted octanol–water partition coefficient (Wildman–Crippen LogP) is 3.71. The van der Waals surface area contributed by atoms with Crippen molar-refractivity contribution >= 4 is 33.3 Å². The van der Waals surface area contributed by atoms with Crippen LogP contribution in [0.15, 0.2) is 33.5 Å². The second-order valence-electron chi connectivity index (χ2n) is 5.23. The first kappa shape index (κ1) is 17.0. The van der Waals surface area contributed by atoms with Crippen LogP contribution in [0.2, 0.25) is 0 Å². The molecule has 0 spiro atoms. The predicted molar refractivity (Wildman–Crippen MR) is 99.6 cm³/mol. The summed E-state index contributed by atoms with van der Waals surface area (Å²) in [6, 6.07) is 5.92. The van der Waals surface area contributed by atoms with E-state index in [1.807, 2.05) is 30.5 Å². The Morgan fingerprint density at radius 3 is 2.88 bits per heavy atom. The molecule has 2 aromatic heterocycles. The summed E-state index contributed by atoms with van der Waals surface area (Å²) >= 11 is 2.97. The smallest absolute Gasteiger partial charge is 0.260 e. The summed E-state index contributed by atoms with van der Waals surface area (Å²) in [4.78, 5) is 20.7. The van der Waals surface area contributed by atoms with Crippen LogP contribution in [0.25, 0.3) is 21.3 Å². The fraction of sp³-hybridized carbons (Fsp3) is 0.294. The Morgan fingerprint density at radius 2 is 2.17 bits per heavy atom. The van der Waals surface area contributed by atoms with Crippen LogP contribution in [0.5, 0.6) is 5.75 Å². The first-order valence-corrected chi connectivity index (χ1v) is 9.29. The molecule has 0 amide bonds. The number of ether oxygens (including phenoxy) is 2. The molecule has 0 saturated heterocycles. The number of aromatic amines is 1. The number of aromatic nitrogens is 2. The standard InChI is InChI=1S/C17H18N2O3S2/c1-10-8-11(4-5-13(10)22-3)12-9-24-16-14(12)15(20)18-17(19-16)23-7-6-21-2/h4-5,8-9H,6-7H2,1-3H3,(H,18,19,20). The van der Waals surface area contributed by atoms with Crippen LogP contribution >= 0.6 is 23.1 Å². The number of fused-ring (bicyclic) bond motifs is 1. The van der Waals surface area contributed by atoms with Gasteiger partial charge in [0.1, 0.15) is 10.6 Å². The molecule has 0 aliphatic carbocycles. The van der Waals surface area contributed by atoms with Crippen LogP contribution in [0.3, 0.4) is 0 Å². The highest BCUT2D eigenvalue weighted by Gasteiger charge is 2.14. The molecule has 2 heterocycles. The molecule has 0 fully saturated rings. The van der Waals surface area contributed by atoms with Crippen LogP contribution in [0.4, 0.5) is 0 Å². The van der Waals surface area contributed by atoms with Crippen molar-refractivity contribution in [1.82, 2.24) is 9.97 Å². The molecule has 0 aliphatic heterocycles. The number of rotatable bonds is 6. The summed E-state index contributed by atoms with van der Waals surface area (Å²) in [6.07, 6.45) is 0. The molecule has 1 aromatic carbocycles. The van der Waals surface area contributed by atoms with Gasteiger partial charge in [-0.1, -0.05) is 17.8 Å². The largest absolute Gasteiger partial charge is 0.496 e. The van der Waals surface area contributed by atoms with Crippen LogP contribution < -0.4 is 10.3 Å². The van der Waals surface area contributed by atoms with Crippen molar-refractivity contribution < 1.29 is 9.47 Å². The monoisotopic (exact) mass is 362 g/mol. The maximum absolute atomic E-state index is 12.5. The third-order valence-electron chi connectivity index (χ3n) is 3.65. The number of H-pyrrole nitrogens is 1. The number of nitrogens with zero attached hydrogens (tertiary/aromatic N) is 1. The maximum Gasteiger partial charge on any atom is 0.260 e. The molecule has 0 aliphatic rings. The molecular formula is C17H18N2O3S2. The van der Waals surface area contributed by atoms with Crippen LogP contribution in [0, 0.1) is 6.92 Å². The normalized spacial score (nSPS) is 11.1. The van der Waals surface area contributed by atoms with Gasteiger partial charge >= 0.3 is 0 Å². The number of nitrogens with one attached hydrogen (secondary N) is 1. The third-order valence-corrected chi connectivity index (χ3v) is 5.36. The Balaban J connectivity index is 2.01. The van der Waals surface area contributed by atoms with Gasteiger partial charge in [0, 0.05) is 23.8 Å². The van der Waals surface area contributed by atoms with Gasteiger partial charge in [0.05, 0.1) is 19.1 Å². The van der Waals surface area contributed by atoms with Crippen molar-refractivity contribution in [2.45, 2.75) is 12.1 Å². The minimum absolute atomic E-state index is 0.107. The zero-order chi connectivity index (χ0) is 17.1. The number of benzene rings is 1. The summed E-state index contributed by atoms with van der Waals surface area (Å²) in [5, 5.41) is 3.25. The molecular weight excluding hydrogens is 344 g/mol. The van der Waals surface area contributed by atoms with Gasteiger partial charge in [0.25, 0.3) is 5.56 Å². The molecule has 0 radical (unpaired) electrons. The van der Waals surface area contributed by atoms with Gasteiger partial charge in [0.2, 0.25) is 0 Å². The zero-order valence-corrected chi connectivity index (χ0v) is 15.3. The Hall–Kier alpha value is -1.83. The SMILES string of the molecule is COCCSc1nc2scc(-c3ccc(OC)c(C)c3)c2c(=O)[nH]1. The lowest BCUT2D eigenvalue weighted by Crippen LogP contribution is -2.09. The summed E-state index contributed by atoms with van der Waals surface area (Å²) in [5.41, 5.74) is 2.82. The summed E-state index contributed by atoms with van der Waals surface area (Å²) in [5.74, 6) is 1.59. The van der Waals surface area contributed by atoms with E-state index in [4.69, 9.17) is 9.47 Å². The zero-order valence-electron chi connectivity index (χ0n) is 13.7. The van der Waals surface area contributed by atoms with E-state index in [9.17, 15) is 4.79 Å². The number of hydrogen-bond donors (Lipinski definition) is 1. The lowest BCUT2D eigenvalue weighted by molar-refractivity contribution is 0.218. The van der Waals surface area contributed by atoms with E-state index in [-0.39, 0.29) is 5.56 Å². The van der Waals surface area contributed by atoms with E-state index < -0.39 is 0 Å². The van der Waals surface area contributed by atoms with Gasteiger partial charge in [-0.2, -0.15) is 0 Å². The average molecular weight is 362 g/mol. The van der Waals surface area contributed by atoms with Crippen molar-refractivity contribution in [2.24, 2.45) is 0 Å². The Bertz CT molecular complexity index is 918. The molecule has 126 valence electrons. The van der Waals surface area contributed by atoms with Gasteiger partial charge in [0.15, 0.2) is 5.16 Å². The molecule has 5 nitrogen and oxygen atoms in total. The minimum atomic E-state index is -0.107. The van der Waals surface area contributed by atoms with Crippen molar-refractivity contribution in [3.05, 3.63) is 39.5 Å². The van der Waals surface area contributed by atoms with Gasteiger partial charge in [-0.25, -0.2) is 4.98 Å². The lowest BCUT2D eigenvalue weighted by Gasteiger charge is -2.07. The second kappa shape index (κ2) is 7.38. The fourth-order valence-electron chi connectivity index (χ4n) is 2.48. The van der Waals surface area contributed by atoms with Crippen molar-refractivity contribution in [2.75, 3.05) is 26.6 Å². The van der Waals surface area contributed by atoms with E-state index in [1.54, 1.807) is 14.2 Å². The number of methoxy groups -OCH3 is 2. The number of aryl methyl sites for hydroxylation is 1. The number of hydrogen-bond acceptors (Lipinski definition) is 6. The molecule has 0 atom stereocenters. The first-order chi connectivity index (χ1) is 11.6. The fourth-order valence-corrected chi connectivity index (χ4v) is 4.25. The molecule has 0 unspecified atom stereocenters.